The summed E-state index contributed by atoms with van der Waals surface area (Å²) in [5.41, 5.74) is 0.249. The summed E-state index contributed by atoms with van der Waals surface area (Å²) in [5, 5.41) is 21.5. The molecule has 0 saturated heterocycles. The van der Waals surface area contributed by atoms with Crippen LogP contribution < -0.4 is 0 Å². The first-order chi connectivity index (χ1) is 11.6. The summed E-state index contributed by atoms with van der Waals surface area (Å²) in [5.74, 6) is 1.64. The van der Waals surface area contributed by atoms with Gasteiger partial charge in [0.15, 0.2) is 5.78 Å². The smallest absolute Gasteiger partial charge is 0.162 e. The number of Topliss-reactive ketones (excluding diaryl/α,β-unsaturated/α-hetero) is 1. The molecule has 0 spiro atoms. The van der Waals surface area contributed by atoms with Crippen LogP contribution in [-0.4, -0.2) is 27.7 Å². The second-order valence-corrected chi connectivity index (χ2v) is 10.1. The minimum absolute atomic E-state index is 0.0394. The average molecular weight is 347 g/mol. The first-order valence-corrected chi connectivity index (χ1v) is 10.3. The molecule has 25 heavy (non-hydrogen) atoms. The summed E-state index contributed by atoms with van der Waals surface area (Å²) in [6.07, 6.45) is 9.15. The minimum Gasteiger partial charge on any atom is -0.393 e. The maximum absolute atomic E-state index is 12.4. The molecule has 0 aromatic rings. The van der Waals surface area contributed by atoms with Crippen LogP contribution in [0, 0.1) is 34.5 Å². The van der Waals surface area contributed by atoms with E-state index in [4.69, 9.17) is 0 Å². The Labute approximate surface area is 151 Å². The van der Waals surface area contributed by atoms with Crippen molar-refractivity contribution in [2.45, 2.75) is 84.3 Å². The fraction of sp³-hybridized carbons (Fsp3) is 0.864. The largest absolute Gasteiger partial charge is 0.393 e. The standard InChI is InChI=1S/C22H34O3/c1-13-11-19-17-6-5-15-12-16(24)7-9-20(15,3)18(17)8-10-21(19,4)22(13,25)14(2)23/h5,13,16-19,24-25H,6-12H2,1-4H3. The number of carbonyl (C=O) groups is 1. The zero-order valence-corrected chi connectivity index (χ0v) is 16.2. The maximum Gasteiger partial charge on any atom is 0.162 e. The lowest BCUT2D eigenvalue weighted by molar-refractivity contribution is -0.165. The van der Waals surface area contributed by atoms with Crippen LogP contribution in [0.4, 0.5) is 0 Å². The monoisotopic (exact) mass is 346 g/mol. The molecule has 4 aliphatic carbocycles. The number of allylic oxidation sites excluding steroid dienone is 1. The molecular formula is C22H34O3. The number of hydrogen-bond donors (Lipinski definition) is 2. The van der Waals surface area contributed by atoms with E-state index in [1.165, 1.54) is 5.57 Å². The predicted molar refractivity (Wildman–Crippen MR) is 97.9 cm³/mol. The number of fused-ring (bicyclic) bond motifs is 5. The third-order valence-electron chi connectivity index (χ3n) is 9.20. The van der Waals surface area contributed by atoms with Gasteiger partial charge in [-0.15, -0.1) is 0 Å². The third kappa shape index (κ3) is 2.09. The van der Waals surface area contributed by atoms with E-state index in [1.807, 2.05) is 0 Å². The number of aliphatic hydroxyl groups excluding tert-OH is 1. The van der Waals surface area contributed by atoms with E-state index in [0.29, 0.717) is 17.8 Å². The van der Waals surface area contributed by atoms with Crippen LogP contribution in [0.1, 0.15) is 72.6 Å². The highest BCUT2D eigenvalue weighted by atomic mass is 16.3. The molecule has 0 amide bonds. The van der Waals surface area contributed by atoms with Crippen LogP contribution in [0.15, 0.2) is 11.6 Å². The molecular weight excluding hydrogens is 312 g/mol. The first kappa shape index (κ1) is 17.7. The zero-order chi connectivity index (χ0) is 18.2. The van der Waals surface area contributed by atoms with Gasteiger partial charge in [-0.3, -0.25) is 4.79 Å². The topological polar surface area (TPSA) is 57.5 Å². The molecule has 0 radical (unpaired) electrons. The maximum atomic E-state index is 12.4. The molecule has 0 aromatic carbocycles. The number of carbonyl (C=O) groups excluding carboxylic acids is 1. The molecule has 8 unspecified atom stereocenters. The molecule has 3 fully saturated rings. The van der Waals surface area contributed by atoms with E-state index >= 15 is 0 Å². The Kier molecular flexibility index (Phi) is 3.84. The van der Waals surface area contributed by atoms with Crippen LogP contribution in [-0.2, 0) is 4.79 Å². The molecule has 2 N–H and O–H groups in total. The molecule has 0 aromatic heterocycles. The third-order valence-corrected chi connectivity index (χ3v) is 9.20. The van der Waals surface area contributed by atoms with Crippen molar-refractivity contribution < 1.29 is 15.0 Å². The highest BCUT2D eigenvalue weighted by molar-refractivity contribution is 5.86. The Hall–Kier alpha value is -0.670. The molecule has 3 saturated carbocycles. The summed E-state index contributed by atoms with van der Waals surface area (Å²) in [6, 6.07) is 0. The Morgan fingerprint density at radius 3 is 2.60 bits per heavy atom. The van der Waals surface area contributed by atoms with Gasteiger partial charge in [-0.25, -0.2) is 0 Å². The van der Waals surface area contributed by atoms with Gasteiger partial charge in [-0.1, -0.05) is 32.4 Å². The number of hydrogen-bond acceptors (Lipinski definition) is 3. The van der Waals surface area contributed by atoms with Gasteiger partial charge < -0.3 is 10.2 Å². The van der Waals surface area contributed by atoms with Crippen LogP contribution >= 0.6 is 0 Å². The molecule has 4 aliphatic rings. The van der Waals surface area contributed by atoms with Crippen molar-refractivity contribution in [3.05, 3.63) is 11.6 Å². The number of rotatable bonds is 1. The lowest BCUT2D eigenvalue weighted by Crippen LogP contribution is -2.58. The van der Waals surface area contributed by atoms with E-state index in [0.717, 1.165) is 44.9 Å². The molecule has 0 bridgehead atoms. The Morgan fingerprint density at radius 2 is 1.92 bits per heavy atom. The molecule has 140 valence electrons. The summed E-state index contributed by atoms with van der Waals surface area (Å²) >= 11 is 0. The van der Waals surface area contributed by atoms with Crippen LogP contribution in [0.5, 0.6) is 0 Å². The SMILES string of the molecule is CC(=O)C1(O)C(C)CC2C3CC=C4CC(O)CCC4(C)C3CCC21C. The molecule has 3 nitrogen and oxygen atoms in total. The fourth-order valence-corrected chi connectivity index (χ4v) is 7.73. The van der Waals surface area contributed by atoms with E-state index < -0.39 is 5.60 Å². The van der Waals surface area contributed by atoms with Gasteiger partial charge in [-0.2, -0.15) is 0 Å². The predicted octanol–water partition coefficient (Wildman–Crippen LogP) is 3.88. The normalized spacial score (nSPS) is 55.0. The Balaban J connectivity index is 1.72. The molecule has 0 heterocycles. The van der Waals surface area contributed by atoms with Gasteiger partial charge in [0.25, 0.3) is 0 Å². The Morgan fingerprint density at radius 1 is 1.20 bits per heavy atom. The summed E-state index contributed by atoms with van der Waals surface area (Å²) < 4.78 is 0. The average Bonchev–Trinajstić information content (AvgIpc) is 2.77. The quantitative estimate of drug-likeness (QED) is 0.709. The van der Waals surface area contributed by atoms with Crippen molar-refractivity contribution in [1.82, 2.24) is 0 Å². The second-order valence-electron chi connectivity index (χ2n) is 10.1. The molecule has 4 rings (SSSR count). The highest BCUT2D eigenvalue weighted by Crippen LogP contribution is 2.68. The summed E-state index contributed by atoms with van der Waals surface area (Å²) in [6.45, 7) is 8.26. The van der Waals surface area contributed by atoms with Crippen molar-refractivity contribution >= 4 is 5.78 Å². The lowest BCUT2D eigenvalue weighted by atomic mass is 9.46. The molecule has 0 aliphatic heterocycles. The van der Waals surface area contributed by atoms with E-state index in [2.05, 4.69) is 26.8 Å². The van der Waals surface area contributed by atoms with Crippen molar-refractivity contribution in [2.24, 2.45) is 34.5 Å². The second kappa shape index (κ2) is 5.42. The first-order valence-electron chi connectivity index (χ1n) is 10.3. The summed E-state index contributed by atoms with van der Waals surface area (Å²) in [7, 11) is 0. The van der Waals surface area contributed by atoms with Crippen molar-refractivity contribution in [2.75, 3.05) is 0 Å². The van der Waals surface area contributed by atoms with E-state index in [1.54, 1.807) is 6.92 Å². The molecule has 8 atom stereocenters. The van der Waals surface area contributed by atoms with Crippen molar-refractivity contribution in [1.29, 1.82) is 0 Å². The zero-order valence-electron chi connectivity index (χ0n) is 16.2. The van der Waals surface area contributed by atoms with E-state index in [-0.39, 0.29) is 28.6 Å². The van der Waals surface area contributed by atoms with Gasteiger partial charge in [0.05, 0.1) is 6.10 Å². The lowest BCUT2D eigenvalue weighted by Gasteiger charge is -2.58. The number of aliphatic hydroxyl groups is 2. The van der Waals surface area contributed by atoms with E-state index in [9.17, 15) is 15.0 Å². The fourth-order valence-electron chi connectivity index (χ4n) is 7.73. The van der Waals surface area contributed by atoms with Crippen molar-refractivity contribution in [3.63, 3.8) is 0 Å². The molecule has 3 heteroatoms. The van der Waals surface area contributed by atoms with Crippen LogP contribution in [0.3, 0.4) is 0 Å². The van der Waals surface area contributed by atoms with Crippen LogP contribution in [0.25, 0.3) is 0 Å². The minimum atomic E-state index is -1.16. The highest BCUT2D eigenvalue weighted by Gasteiger charge is 2.67. The van der Waals surface area contributed by atoms with Gasteiger partial charge in [0.2, 0.25) is 0 Å². The van der Waals surface area contributed by atoms with Crippen molar-refractivity contribution in [3.8, 4) is 0 Å². The van der Waals surface area contributed by atoms with Gasteiger partial charge in [-0.05, 0) is 81.0 Å². The van der Waals surface area contributed by atoms with Gasteiger partial charge in [0, 0.05) is 5.41 Å². The van der Waals surface area contributed by atoms with Crippen LogP contribution in [0.2, 0.25) is 0 Å². The van der Waals surface area contributed by atoms with Gasteiger partial charge >= 0.3 is 0 Å². The van der Waals surface area contributed by atoms with Gasteiger partial charge in [0.1, 0.15) is 5.60 Å². The number of ketones is 1. The Bertz CT molecular complexity index is 625. The summed E-state index contributed by atoms with van der Waals surface area (Å²) in [4.78, 5) is 12.4.